The van der Waals surface area contributed by atoms with Gasteiger partial charge in [-0.15, -0.1) is 0 Å². The minimum absolute atomic E-state index is 0.0520. The number of ether oxygens (including phenoxy) is 1. The van der Waals surface area contributed by atoms with Crippen molar-refractivity contribution in [3.05, 3.63) is 29.8 Å². The Hall–Kier alpha value is -1.55. The van der Waals surface area contributed by atoms with Crippen LogP contribution in [-0.2, 0) is 11.2 Å². The molecule has 2 saturated carbocycles. The lowest BCUT2D eigenvalue weighted by Crippen LogP contribution is -2.45. The molecule has 0 aliphatic heterocycles. The molecule has 4 nitrogen and oxygen atoms in total. The molecule has 3 rings (SSSR count). The molecule has 4 heteroatoms. The molecule has 0 saturated heterocycles. The van der Waals surface area contributed by atoms with Crippen LogP contribution in [0.5, 0.6) is 5.75 Å². The van der Waals surface area contributed by atoms with E-state index in [-0.39, 0.29) is 24.5 Å². The molecule has 4 unspecified atom stereocenters. The van der Waals surface area contributed by atoms with Gasteiger partial charge in [-0.25, -0.2) is 0 Å². The molecular weight excluding hydrogens is 266 g/mol. The third-order valence-electron chi connectivity index (χ3n) is 5.15. The lowest BCUT2D eigenvalue weighted by molar-refractivity contribution is -0.122. The zero-order valence-electron chi connectivity index (χ0n) is 12.4. The summed E-state index contributed by atoms with van der Waals surface area (Å²) in [5, 5.41) is 12.7. The second kappa shape index (κ2) is 6.06. The van der Waals surface area contributed by atoms with Crippen LogP contribution in [0.15, 0.2) is 24.3 Å². The Kier molecular flexibility index (Phi) is 4.15. The van der Waals surface area contributed by atoms with E-state index >= 15 is 0 Å². The molecule has 2 aliphatic carbocycles. The van der Waals surface area contributed by atoms with Gasteiger partial charge in [-0.2, -0.15) is 0 Å². The molecule has 21 heavy (non-hydrogen) atoms. The highest BCUT2D eigenvalue weighted by Crippen LogP contribution is 2.48. The van der Waals surface area contributed by atoms with E-state index in [1.54, 1.807) is 7.11 Å². The van der Waals surface area contributed by atoms with E-state index in [1.165, 1.54) is 19.3 Å². The van der Waals surface area contributed by atoms with Crippen molar-refractivity contribution in [2.75, 3.05) is 13.7 Å². The third-order valence-corrected chi connectivity index (χ3v) is 5.15. The van der Waals surface area contributed by atoms with E-state index in [4.69, 9.17) is 4.74 Å². The van der Waals surface area contributed by atoms with Crippen LogP contribution in [0.25, 0.3) is 0 Å². The molecule has 0 radical (unpaired) electrons. The fraction of sp³-hybridized carbons (Fsp3) is 0.588. The summed E-state index contributed by atoms with van der Waals surface area (Å²) in [5.41, 5.74) is 0.983. The van der Waals surface area contributed by atoms with Gasteiger partial charge in [0, 0.05) is 18.6 Å². The maximum atomic E-state index is 12.2. The van der Waals surface area contributed by atoms with Gasteiger partial charge >= 0.3 is 0 Å². The summed E-state index contributed by atoms with van der Waals surface area (Å²) in [7, 11) is 1.63. The molecule has 0 spiro atoms. The molecular formula is C17H23NO3. The minimum atomic E-state index is 0.0520. The number of fused-ring (bicyclic) bond motifs is 2. The molecule has 4 atom stereocenters. The van der Waals surface area contributed by atoms with Crippen molar-refractivity contribution in [1.29, 1.82) is 0 Å². The predicted molar refractivity (Wildman–Crippen MR) is 80.0 cm³/mol. The van der Waals surface area contributed by atoms with Crippen molar-refractivity contribution in [3.8, 4) is 5.75 Å². The van der Waals surface area contributed by atoms with Crippen molar-refractivity contribution < 1.29 is 14.6 Å². The van der Waals surface area contributed by atoms with Gasteiger partial charge in [0.15, 0.2) is 0 Å². The first-order chi connectivity index (χ1) is 10.2. The molecule has 0 heterocycles. The lowest BCUT2D eigenvalue weighted by atomic mass is 9.85. The first kappa shape index (κ1) is 14.4. The van der Waals surface area contributed by atoms with E-state index in [2.05, 4.69) is 5.32 Å². The topological polar surface area (TPSA) is 58.6 Å². The van der Waals surface area contributed by atoms with Crippen LogP contribution in [-0.4, -0.2) is 30.8 Å². The second-order valence-corrected chi connectivity index (χ2v) is 6.30. The summed E-state index contributed by atoms with van der Waals surface area (Å²) in [6.45, 7) is 0.189. The molecule has 114 valence electrons. The van der Waals surface area contributed by atoms with Crippen LogP contribution >= 0.6 is 0 Å². The number of nitrogens with one attached hydrogen (secondary N) is 1. The number of hydrogen-bond acceptors (Lipinski definition) is 3. The quantitative estimate of drug-likeness (QED) is 0.868. The normalized spacial score (nSPS) is 30.4. The summed E-state index contributed by atoms with van der Waals surface area (Å²) in [6, 6.07) is 7.75. The number of methoxy groups -OCH3 is 1. The molecule has 2 aliphatic rings. The zero-order chi connectivity index (χ0) is 14.8. The zero-order valence-corrected chi connectivity index (χ0v) is 12.4. The Morgan fingerprint density at radius 1 is 1.29 bits per heavy atom. The van der Waals surface area contributed by atoms with Crippen LogP contribution < -0.4 is 10.1 Å². The van der Waals surface area contributed by atoms with Crippen LogP contribution in [0.4, 0.5) is 0 Å². The Morgan fingerprint density at radius 3 is 2.67 bits per heavy atom. The van der Waals surface area contributed by atoms with Gasteiger partial charge in [0.2, 0.25) is 5.91 Å². The maximum Gasteiger partial charge on any atom is 0.224 e. The predicted octanol–water partition coefficient (Wildman–Crippen LogP) is 1.76. The van der Waals surface area contributed by atoms with E-state index in [0.29, 0.717) is 18.3 Å². The SMILES string of the molecule is COc1ccc(CC(=O)NC2C3CCC(C3)C2CO)cc1. The van der Waals surface area contributed by atoms with E-state index < -0.39 is 0 Å². The highest BCUT2D eigenvalue weighted by Gasteiger charge is 2.47. The fourth-order valence-corrected chi connectivity index (χ4v) is 4.06. The molecule has 0 aromatic heterocycles. The number of aliphatic hydroxyl groups is 1. The average molecular weight is 289 g/mol. The van der Waals surface area contributed by atoms with Crippen LogP contribution in [0, 0.1) is 17.8 Å². The fourth-order valence-electron chi connectivity index (χ4n) is 4.06. The smallest absolute Gasteiger partial charge is 0.224 e. The highest BCUT2D eigenvalue weighted by atomic mass is 16.5. The first-order valence-corrected chi connectivity index (χ1v) is 7.74. The minimum Gasteiger partial charge on any atom is -0.497 e. The maximum absolute atomic E-state index is 12.2. The van der Waals surface area contributed by atoms with Gasteiger partial charge in [-0.05, 0) is 48.8 Å². The number of rotatable bonds is 5. The van der Waals surface area contributed by atoms with Crippen molar-refractivity contribution in [3.63, 3.8) is 0 Å². The van der Waals surface area contributed by atoms with Crippen molar-refractivity contribution in [1.82, 2.24) is 5.32 Å². The van der Waals surface area contributed by atoms with Crippen LogP contribution in [0.1, 0.15) is 24.8 Å². The van der Waals surface area contributed by atoms with Gasteiger partial charge < -0.3 is 15.2 Å². The largest absolute Gasteiger partial charge is 0.497 e. The van der Waals surface area contributed by atoms with Crippen LogP contribution in [0.2, 0.25) is 0 Å². The Morgan fingerprint density at radius 2 is 2.00 bits per heavy atom. The summed E-state index contributed by atoms with van der Waals surface area (Å²) in [6.07, 6.45) is 3.95. The Balaban J connectivity index is 1.58. The second-order valence-electron chi connectivity index (χ2n) is 6.30. The van der Waals surface area contributed by atoms with Gasteiger partial charge in [-0.1, -0.05) is 12.1 Å². The molecule has 1 aromatic rings. The molecule has 2 bridgehead atoms. The number of hydrogen-bond donors (Lipinski definition) is 2. The van der Waals surface area contributed by atoms with Crippen molar-refractivity contribution in [2.45, 2.75) is 31.7 Å². The van der Waals surface area contributed by atoms with E-state index in [1.807, 2.05) is 24.3 Å². The van der Waals surface area contributed by atoms with Gasteiger partial charge in [0.1, 0.15) is 5.75 Å². The Bertz CT molecular complexity index is 499. The number of aliphatic hydroxyl groups excluding tert-OH is 1. The number of amides is 1. The lowest BCUT2D eigenvalue weighted by Gasteiger charge is -2.30. The summed E-state index contributed by atoms with van der Waals surface area (Å²) >= 11 is 0. The molecule has 1 aromatic carbocycles. The first-order valence-electron chi connectivity index (χ1n) is 7.74. The third kappa shape index (κ3) is 2.91. The summed E-state index contributed by atoms with van der Waals surface area (Å²) in [5.74, 6) is 2.27. The molecule has 2 N–H and O–H groups in total. The van der Waals surface area contributed by atoms with Crippen molar-refractivity contribution in [2.24, 2.45) is 17.8 Å². The van der Waals surface area contributed by atoms with Gasteiger partial charge in [-0.3, -0.25) is 4.79 Å². The van der Waals surface area contributed by atoms with E-state index in [0.717, 1.165) is 11.3 Å². The Labute approximate surface area is 125 Å². The monoisotopic (exact) mass is 289 g/mol. The number of benzene rings is 1. The van der Waals surface area contributed by atoms with Gasteiger partial charge in [0.05, 0.1) is 13.5 Å². The van der Waals surface area contributed by atoms with E-state index in [9.17, 15) is 9.90 Å². The standard InChI is InChI=1S/C17H23NO3/c1-21-14-6-2-11(3-7-14)8-16(20)18-17-13-5-4-12(9-13)15(17)10-19/h2-3,6-7,12-13,15,17,19H,4-5,8-10H2,1H3,(H,18,20). The number of carbonyl (C=O) groups excluding carboxylic acids is 1. The average Bonchev–Trinajstić information content (AvgIpc) is 3.09. The van der Waals surface area contributed by atoms with Gasteiger partial charge in [0.25, 0.3) is 0 Å². The summed E-state index contributed by atoms with van der Waals surface area (Å²) < 4.78 is 5.12. The number of carbonyl (C=O) groups is 1. The molecule has 2 fully saturated rings. The molecule has 1 amide bonds. The summed E-state index contributed by atoms with van der Waals surface area (Å²) in [4.78, 5) is 12.2. The van der Waals surface area contributed by atoms with Crippen molar-refractivity contribution >= 4 is 5.91 Å². The highest BCUT2D eigenvalue weighted by molar-refractivity contribution is 5.79. The van der Waals surface area contributed by atoms with Crippen LogP contribution in [0.3, 0.4) is 0 Å².